The van der Waals surface area contributed by atoms with Crippen molar-refractivity contribution in [3.8, 4) is 17.2 Å². The smallest absolute Gasteiger partial charge is 0.119 e. The van der Waals surface area contributed by atoms with Gasteiger partial charge in [-0.15, -0.1) is 0 Å². The zero-order chi connectivity index (χ0) is 14.9. The van der Waals surface area contributed by atoms with Crippen LogP contribution in [0, 0.1) is 0 Å². The molecule has 0 saturated carbocycles. The predicted molar refractivity (Wildman–Crippen MR) is 82.9 cm³/mol. The number of benzene rings is 2. The van der Waals surface area contributed by atoms with Crippen molar-refractivity contribution >= 4 is 0 Å². The molecule has 21 heavy (non-hydrogen) atoms. The van der Waals surface area contributed by atoms with Gasteiger partial charge in [0.2, 0.25) is 0 Å². The first-order valence-corrected chi connectivity index (χ1v) is 7.00. The average molecular weight is 287 g/mol. The van der Waals surface area contributed by atoms with Crippen LogP contribution in [0.15, 0.2) is 48.5 Å². The highest BCUT2D eigenvalue weighted by Crippen LogP contribution is 2.17. The van der Waals surface area contributed by atoms with E-state index in [9.17, 15) is 0 Å². The van der Waals surface area contributed by atoms with Crippen LogP contribution in [0.1, 0.15) is 12.0 Å². The molecular weight excluding hydrogens is 266 g/mol. The third kappa shape index (κ3) is 5.00. The Kier molecular flexibility index (Phi) is 5.91. The Morgan fingerprint density at radius 1 is 0.762 bits per heavy atom. The lowest BCUT2D eigenvalue weighted by Crippen LogP contribution is -2.05. The van der Waals surface area contributed by atoms with Crippen LogP contribution in [0.5, 0.6) is 17.2 Å². The lowest BCUT2D eigenvalue weighted by atomic mass is 10.2. The van der Waals surface area contributed by atoms with E-state index in [0.29, 0.717) is 19.8 Å². The van der Waals surface area contributed by atoms with Crippen LogP contribution in [0.25, 0.3) is 0 Å². The third-order valence-corrected chi connectivity index (χ3v) is 3.04. The minimum atomic E-state index is 0.552. The Morgan fingerprint density at radius 2 is 1.24 bits per heavy atom. The van der Waals surface area contributed by atoms with E-state index in [1.807, 2.05) is 48.5 Å². The molecule has 4 heteroatoms. The van der Waals surface area contributed by atoms with Crippen molar-refractivity contribution in [2.24, 2.45) is 5.73 Å². The molecule has 0 heterocycles. The molecular formula is C17H21NO3. The first-order valence-electron chi connectivity index (χ1n) is 7.00. The van der Waals surface area contributed by atoms with Crippen LogP contribution in [0.4, 0.5) is 0 Å². The standard InChI is InChI=1S/C17H21NO3/c1-19-15-7-9-17(10-8-15)21-12-2-11-20-16-5-3-14(13-18)4-6-16/h3-10H,2,11-13,18H2,1H3. The SMILES string of the molecule is COc1ccc(OCCCOc2ccc(CN)cc2)cc1. The fraction of sp³-hybridized carbons (Fsp3) is 0.294. The van der Waals surface area contributed by atoms with E-state index in [4.69, 9.17) is 19.9 Å². The van der Waals surface area contributed by atoms with Gasteiger partial charge in [-0.3, -0.25) is 0 Å². The summed E-state index contributed by atoms with van der Waals surface area (Å²) in [6.07, 6.45) is 0.824. The van der Waals surface area contributed by atoms with Crippen LogP contribution in [-0.4, -0.2) is 20.3 Å². The molecule has 0 atom stereocenters. The van der Waals surface area contributed by atoms with E-state index in [-0.39, 0.29) is 0 Å². The van der Waals surface area contributed by atoms with Gasteiger partial charge in [0.15, 0.2) is 0 Å². The minimum Gasteiger partial charge on any atom is -0.497 e. The zero-order valence-corrected chi connectivity index (χ0v) is 12.2. The number of ether oxygens (including phenoxy) is 3. The lowest BCUT2D eigenvalue weighted by Gasteiger charge is -2.09. The minimum absolute atomic E-state index is 0.552. The van der Waals surface area contributed by atoms with Gasteiger partial charge in [-0.25, -0.2) is 0 Å². The zero-order valence-electron chi connectivity index (χ0n) is 12.2. The second-order valence-electron chi connectivity index (χ2n) is 4.57. The first-order chi connectivity index (χ1) is 10.3. The van der Waals surface area contributed by atoms with E-state index in [1.165, 1.54) is 0 Å². The van der Waals surface area contributed by atoms with Gasteiger partial charge < -0.3 is 19.9 Å². The second-order valence-corrected chi connectivity index (χ2v) is 4.57. The van der Waals surface area contributed by atoms with E-state index in [0.717, 1.165) is 29.2 Å². The number of nitrogens with two attached hydrogens (primary N) is 1. The molecule has 0 aliphatic rings. The summed E-state index contributed by atoms with van der Waals surface area (Å²) in [6, 6.07) is 15.4. The van der Waals surface area contributed by atoms with Crippen molar-refractivity contribution in [2.45, 2.75) is 13.0 Å². The topological polar surface area (TPSA) is 53.7 Å². The maximum atomic E-state index is 5.64. The Bertz CT molecular complexity index is 473. The van der Waals surface area contributed by atoms with Crippen LogP contribution in [0.3, 0.4) is 0 Å². The molecule has 0 saturated heterocycles. The molecule has 4 nitrogen and oxygen atoms in total. The maximum Gasteiger partial charge on any atom is 0.119 e. The van der Waals surface area contributed by atoms with Crippen molar-refractivity contribution in [1.29, 1.82) is 0 Å². The molecule has 0 bridgehead atoms. The highest BCUT2D eigenvalue weighted by Gasteiger charge is 1.97. The summed E-state index contributed by atoms with van der Waals surface area (Å²) in [5.41, 5.74) is 6.65. The molecule has 2 aromatic carbocycles. The van der Waals surface area contributed by atoms with Gasteiger partial charge in [0, 0.05) is 13.0 Å². The van der Waals surface area contributed by atoms with Gasteiger partial charge in [0.1, 0.15) is 17.2 Å². The number of rotatable bonds is 8. The van der Waals surface area contributed by atoms with Gasteiger partial charge in [0.05, 0.1) is 20.3 Å². The largest absolute Gasteiger partial charge is 0.497 e. The Morgan fingerprint density at radius 3 is 1.71 bits per heavy atom. The summed E-state index contributed by atoms with van der Waals surface area (Å²) in [4.78, 5) is 0. The summed E-state index contributed by atoms with van der Waals surface area (Å²) in [7, 11) is 1.65. The Hall–Kier alpha value is -2.20. The van der Waals surface area contributed by atoms with Crippen molar-refractivity contribution < 1.29 is 14.2 Å². The average Bonchev–Trinajstić information content (AvgIpc) is 2.55. The van der Waals surface area contributed by atoms with Crippen molar-refractivity contribution in [3.63, 3.8) is 0 Å². The summed E-state index contributed by atoms with van der Waals surface area (Å²) in [6.45, 7) is 1.79. The molecule has 2 aromatic rings. The fourth-order valence-electron chi connectivity index (χ4n) is 1.83. The van der Waals surface area contributed by atoms with E-state index in [2.05, 4.69) is 0 Å². The highest BCUT2D eigenvalue weighted by molar-refractivity contribution is 5.31. The van der Waals surface area contributed by atoms with Crippen LogP contribution >= 0.6 is 0 Å². The summed E-state index contributed by atoms with van der Waals surface area (Å²) in [5, 5.41) is 0. The molecule has 0 aliphatic heterocycles. The predicted octanol–water partition coefficient (Wildman–Crippen LogP) is 3.00. The molecule has 0 amide bonds. The second kappa shape index (κ2) is 8.17. The van der Waals surface area contributed by atoms with Crippen molar-refractivity contribution in [1.82, 2.24) is 0 Å². The molecule has 2 N–H and O–H groups in total. The molecule has 2 rings (SSSR count). The van der Waals surface area contributed by atoms with Crippen molar-refractivity contribution in [2.75, 3.05) is 20.3 Å². The quantitative estimate of drug-likeness (QED) is 0.758. The maximum absolute atomic E-state index is 5.64. The number of methoxy groups -OCH3 is 1. The summed E-state index contributed by atoms with van der Waals surface area (Å²) in [5.74, 6) is 2.52. The lowest BCUT2D eigenvalue weighted by molar-refractivity contribution is 0.247. The fourth-order valence-corrected chi connectivity index (χ4v) is 1.83. The van der Waals surface area contributed by atoms with E-state index < -0.39 is 0 Å². The first kappa shape index (κ1) is 15.2. The molecule has 112 valence electrons. The monoisotopic (exact) mass is 287 g/mol. The van der Waals surface area contributed by atoms with Crippen LogP contribution < -0.4 is 19.9 Å². The normalized spacial score (nSPS) is 10.2. The number of hydrogen-bond donors (Lipinski definition) is 1. The van der Waals surface area contributed by atoms with Crippen molar-refractivity contribution in [3.05, 3.63) is 54.1 Å². The van der Waals surface area contributed by atoms with Gasteiger partial charge in [0.25, 0.3) is 0 Å². The highest BCUT2D eigenvalue weighted by atomic mass is 16.5. The van der Waals surface area contributed by atoms with Gasteiger partial charge >= 0.3 is 0 Å². The van der Waals surface area contributed by atoms with E-state index in [1.54, 1.807) is 7.11 Å². The number of hydrogen-bond acceptors (Lipinski definition) is 4. The summed E-state index contributed by atoms with van der Waals surface area (Å²) < 4.78 is 16.4. The molecule has 0 aliphatic carbocycles. The third-order valence-electron chi connectivity index (χ3n) is 3.04. The van der Waals surface area contributed by atoms with Gasteiger partial charge in [-0.05, 0) is 42.0 Å². The van der Waals surface area contributed by atoms with Gasteiger partial charge in [-0.1, -0.05) is 12.1 Å². The van der Waals surface area contributed by atoms with E-state index >= 15 is 0 Å². The molecule has 0 fully saturated rings. The Labute approximate surface area is 125 Å². The van der Waals surface area contributed by atoms with Gasteiger partial charge in [-0.2, -0.15) is 0 Å². The molecule has 0 unspecified atom stereocenters. The summed E-state index contributed by atoms with van der Waals surface area (Å²) >= 11 is 0. The Balaban J connectivity index is 1.64. The molecule has 0 radical (unpaired) electrons. The molecule has 0 spiro atoms. The van der Waals surface area contributed by atoms with Crippen LogP contribution in [0.2, 0.25) is 0 Å². The van der Waals surface area contributed by atoms with Crippen LogP contribution in [-0.2, 0) is 6.54 Å². The molecule has 0 aromatic heterocycles.